The molecule has 32 heavy (non-hydrogen) atoms. The Morgan fingerprint density at radius 2 is 1.91 bits per heavy atom. The Morgan fingerprint density at radius 3 is 2.53 bits per heavy atom. The first kappa shape index (κ1) is 25.0. The highest BCUT2D eigenvalue weighted by atomic mass is 79.9. The third-order valence-electron chi connectivity index (χ3n) is 5.35. The molecule has 2 aromatic rings. The highest BCUT2D eigenvalue weighted by molar-refractivity contribution is 9.10. The average Bonchev–Trinajstić information content (AvgIpc) is 3.30. The fourth-order valence-corrected chi connectivity index (χ4v) is 4.70. The zero-order valence-electron chi connectivity index (χ0n) is 20.2. The summed E-state index contributed by atoms with van der Waals surface area (Å²) in [5.74, 6) is 0.860. The molecule has 0 N–H and O–H groups in total. The van der Waals surface area contributed by atoms with Crippen LogP contribution >= 0.6 is 15.9 Å². The number of nitrogens with zero attached hydrogens (tertiary/aromatic N) is 3. The zero-order chi connectivity index (χ0) is 23.5. The number of carbonyl (C=O) groups excluding carboxylic acids is 1. The van der Waals surface area contributed by atoms with Crippen molar-refractivity contribution in [2.45, 2.75) is 77.7 Å². The Kier molecular flexibility index (Phi) is 7.88. The molecule has 0 saturated carbocycles. The van der Waals surface area contributed by atoms with Gasteiger partial charge >= 0.3 is 6.09 Å². The summed E-state index contributed by atoms with van der Waals surface area (Å²) in [4.78, 5) is 19.7. The van der Waals surface area contributed by atoms with Crippen molar-refractivity contribution in [3.63, 3.8) is 0 Å². The van der Waals surface area contributed by atoms with Crippen LogP contribution < -0.4 is 0 Å². The monoisotopic (exact) mass is 521 g/mol. The molecule has 8 heteroatoms. The largest absolute Gasteiger partial charge is 0.444 e. The molecular weight excluding hydrogens is 486 g/mol. The van der Waals surface area contributed by atoms with Gasteiger partial charge in [0.25, 0.3) is 0 Å². The molecule has 1 aromatic heterocycles. The number of aromatic nitrogens is 2. The van der Waals surface area contributed by atoms with E-state index in [1.165, 1.54) is 0 Å². The third-order valence-corrected chi connectivity index (χ3v) is 7.59. The van der Waals surface area contributed by atoms with Crippen LogP contribution in [-0.2, 0) is 16.2 Å². The molecule has 0 unspecified atom stereocenters. The number of likely N-dealkylation sites (tertiary alicyclic amines) is 1. The lowest BCUT2D eigenvalue weighted by molar-refractivity contribution is 0.0204. The minimum Gasteiger partial charge on any atom is -0.444 e. The first-order chi connectivity index (χ1) is 14.9. The third kappa shape index (κ3) is 6.93. The highest BCUT2D eigenvalue weighted by Gasteiger charge is 2.36. The van der Waals surface area contributed by atoms with E-state index in [-0.39, 0.29) is 12.1 Å². The highest BCUT2D eigenvalue weighted by Crippen LogP contribution is 2.34. The maximum absolute atomic E-state index is 12.9. The van der Waals surface area contributed by atoms with Gasteiger partial charge in [0, 0.05) is 37.5 Å². The number of carbonyl (C=O) groups is 1. The maximum atomic E-state index is 12.9. The Labute approximate surface area is 201 Å². The van der Waals surface area contributed by atoms with Crippen LogP contribution in [0.5, 0.6) is 0 Å². The summed E-state index contributed by atoms with van der Waals surface area (Å²) >= 11 is 3.50. The molecular formula is C24H36BrN3O3Si. The average molecular weight is 523 g/mol. The predicted molar refractivity (Wildman–Crippen MR) is 134 cm³/mol. The lowest BCUT2D eigenvalue weighted by Crippen LogP contribution is -2.37. The SMILES string of the molecule is CC(C)(C)OC(=O)N1CCC[C@H]1c1nc(-c2ccc(Br)cc2)cn1COCC[Si](C)(C)C. The number of amides is 1. The maximum Gasteiger partial charge on any atom is 0.410 e. The molecule has 1 fully saturated rings. The van der Waals surface area contributed by atoms with Gasteiger partial charge in [-0.2, -0.15) is 0 Å². The second kappa shape index (κ2) is 10.1. The lowest BCUT2D eigenvalue weighted by atomic mass is 10.2. The number of benzene rings is 1. The first-order valence-corrected chi connectivity index (χ1v) is 15.8. The van der Waals surface area contributed by atoms with Crippen LogP contribution in [0.15, 0.2) is 34.9 Å². The summed E-state index contributed by atoms with van der Waals surface area (Å²) in [6.07, 6.45) is 3.56. The number of halogens is 1. The van der Waals surface area contributed by atoms with Gasteiger partial charge in [-0.3, -0.25) is 4.90 Å². The molecule has 1 aliphatic heterocycles. The van der Waals surface area contributed by atoms with Crippen molar-refractivity contribution in [2.75, 3.05) is 13.2 Å². The molecule has 0 bridgehead atoms. The summed E-state index contributed by atoms with van der Waals surface area (Å²) in [6, 6.07) is 9.13. The van der Waals surface area contributed by atoms with E-state index < -0.39 is 13.7 Å². The first-order valence-electron chi connectivity index (χ1n) is 11.3. The van der Waals surface area contributed by atoms with Crippen LogP contribution in [0, 0.1) is 0 Å². The van der Waals surface area contributed by atoms with Gasteiger partial charge in [0.05, 0.1) is 11.7 Å². The van der Waals surface area contributed by atoms with E-state index in [1.807, 2.05) is 56.1 Å². The minimum atomic E-state index is -1.16. The Morgan fingerprint density at radius 1 is 1.22 bits per heavy atom. The van der Waals surface area contributed by atoms with E-state index in [9.17, 15) is 4.79 Å². The van der Waals surface area contributed by atoms with Gasteiger partial charge in [0.15, 0.2) is 0 Å². The summed E-state index contributed by atoms with van der Waals surface area (Å²) in [5, 5.41) is 0. The second-order valence-electron chi connectivity index (χ2n) is 10.6. The molecule has 1 aliphatic rings. The molecule has 1 saturated heterocycles. The van der Waals surface area contributed by atoms with Gasteiger partial charge in [-0.1, -0.05) is 47.7 Å². The van der Waals surface area contributed by atoms with Crippen molar-refractivity contribution in [1.29, 1.82) is 0 Å². The normalized spacial score (nSPS) is 17.1. The predicted octanol–water partition coefficient (Wildman–Crippen LogP) is 6.70. The van der Waals surface area contributed by atoms with E-state index >= 15 is 0 Å². The van der Waals surface area contributed by atoms with E-state index in [1.54, 1.807) is 0 Å². The molecule has 1 atom stereocenters. The molecule has 0 aliphatic carbocycles. The number of rotatable bonds is 7. The summed E-state index contributed by atoms with van der Waals surface area (Å²) in [7, 11) is -1.16. The molecule has 0 radical (unpaired) electrons. The van der Waals surface area contributed by atoms with Crippen molar-refractivity contribution in [3.8, 4) is 11.3 Å². The quantitative estimate of drug-likeness (QED) is 0.300. The van der Waals surface area contributed by atoms with Gasteiger partial charge < -0.3 is 14.0 Å². The number of hydrogen-bond acceptors (Lipinski definition) is 4. The molecule has 6 nitrogen and oxygen atoms in total. The van der Waals surface area contributed by atoms with Gasteiger partial charge in [0.1, 0.15) is 18.2 Å². The van der Waals surface area contributed by atoms with Crippen molar-refractivity contribution in [3.05, 3.63) is 40.8 Å². The Bertz CT molecular complexity index is 916. The lowest BCUT2D eigenvalue weighted by Gasteiger charge is -2.28. The van der Waals surface area contributed by atoms with Crippen molar-refractivity contribution in [2.24, 2.45) is 0 Å². The van der Waals surface area contributed by atoms with Crippen LogP contribution in [0.25, 0.3) is 11.3 Å². The molecule has 2 heterocycles. The standard InChI is InChI=1S/C24H36BrN3O3Si/c1-24(2,3)31-23(29)28-13-7-8-21(28)22-26-20(18-9-11-19(25)12-10-18)16-27(22)17-30-14-15-32(4,5)6/h9-12,16,21H,7-8,13-15,17H2,1-6H3/t21-/m0/s1. The van der Waals surface area contributed by atoms with Crippen molar-refractivity contribution >= 4 is 30.1 Å². The van der Waals surface area contributed by atoms with Crippen LogP contribution in [-0.4, -0.2) is 47.4 Å². The number of ether oxygens (including phenoxy) is 2. The Balaban J connectivity index is 1.86. The molecule has 176 valence electrons. The van der Waals surface area contributed by atoms with Crippen molar-refractivity contribution in [1.82, 2.24) is 14.5 Å². The Hall–Kier alpha value is -1.64. The topological polar surface area (TPSA) is 56.6 Å². The zero-order valence-corrected chi connectivity index (χ0v) is 22.7. The minimum absolute atomic E-state index is 0.116. The number of imidazole rings is 1. The van der Waals surface area contributed by atoms with Gasteiger partial charge in [0.2, 0.25) is 0 Å². The fraction of sp³-hybridized carbons (Fsp3) is 0.583. The van der Waals surface area contributed by atoms with Crippen molar-refractivity contribution < 1.29 is 14.3 Å². The summed E-state index contributed by atoms with van der Waals surface area (Å²) in [5.41, 5.74) is 1.40. The smallest absolute Gasteiger partial charge is 0.410 e. The van der Waals surface area contributed by atoms with E-state index in [0.29, 0.717) is 13.3 Å². The van der Waals surface area contributed by atoms with Crippen LogP contribution in [0.2, 0.25) is 25.7 Å². The summed E-state index contributed by atoms with van der Waals surface area (Å²) < 4.78 is 14.8. The number of hydrogen-bond donors (Lipinski definition) is 0. The van der Waals surface area contributed by atoms with Crippen LogP contribution in [0.1, 0.15) is 45.5 Å². The van der Waals surface area contributed by atoms with Crippen LogP contribution in [0.3, 0.4) is 0 Å². The van der Waals surface area contributed by atoms with E-state index in [2.05, 4.69) is 40.1 Å². The van der Waals surface area contributed by atoms with Crippen LogP contribution in [0.4, 0.5) is 4.79 Å². The van der Waals surface area contributed by atoms with E-state index in [4.69, 9.17) is 14.5 Å². The van der Waals surface area contributed by atoms with Gasteiger partial charge in [-0.05, 0) is 51.8 Å². The van der Waals surface area contributed by atoms with E-state index in [0.717, 1.165) is 47.0 Å². The fourth-order valence-electron chi connectivity index (χ4n) is 3.67. The molecule has 1 amide bonds. The molecule has 3 rings (SSSR count). The van der Waals surface area contributed by atoms with Gasteiger partial charge in [-0.25, -0.2) is 9.78 Å². The van der Waals surface area contributed by atoms with Gasteiger partial charge in [-0.15, -0.1) is 0 Å². The summed E-state index contributed by atoms with van der Waals surface area (Å²) in [6.45, 7) is 14.6. The molecule has 0 spiro atoms. The molecule has 1 aromatic carbocycles. The second-order valence-corrected chi connectivity index (χ2v) is 17.2.